The van der Waals surface area contributed by atoms with Gasteiger partial charge in [-0.2, -0.15) is 4.98 Å². The molecule has 2 rings (SSSR count). The zero-order valence-electron chi connectivity index (χ0n) is 11.3. The third-order valence-corrected chi connectivity index (χ3v) is 3.99. The minimum atomic E-state index is 0.368. The van der Waals surface area contributed by atoms with Crippen LogP contribution in [0.5, 0.6) is 0 Å². The van der Waals surface area contributed by atoms with Gasteiger partial charge in [0, 0.05) is 22.9 Å². The lowest BCUT2D eigenvalue weighted by atomic mass is 10.0. The van der Waals surface area contributed by atoms with E-state index in [1.807, 2.05) is 6.07 Å². The number of halogens is 2. The van der Waals surface area contributed by atoms with Crippen LogP contribution in [-0.4, -0.2) is 16.7 Å². The Morgan fingerprint density at radius 3 is 2.60 bits per heavy atom. The number of aromatic nitrogens is 2. The van der Waals surface area contributed by atoms with Gasteiger partial charge in [0.05, 0.1) is 0 Å². The van der Waals surface area contributed by atoms with E-state index in [2.05, 4.69) is 17.1 Å². The quantitative estimate of drug-likeness (QED) is 0.886. The van der Waals surface area contributed by atoms with Gasteiger partial charge in [-0.25, -0.2) is 0 Å². The van der Waals surface area contributed by atoms with Gasteiger partial charge < -0.3 is 10.3 Å². The van der Waals surface area contributed by atoms with Crippen LogP contribution in [0.15, 0.2) is 22.7 Å². The molecule has 0 radical (unpaired) electrons. The van der Waals surface area contributed by atoms with Crippen molar-refractivity contribution < 1.29 is 4.52 Å². The molecule has 1 atom stereocenters. The monoisotopic (exact) mass is 313 g/mol. The Balaban J connectivity index is 2.10. The van der Waals surface area contributed by atoms with Gasteiger partial charge in [0.2, 0.25) is 5.89 Å². The van der Waals surface area contributed by atoms with Crippen molar-refractivity contribution in [3.63, 3.8) is 0 Å². The summed E-state index contributed by atoms with van der Waals surface area (Å²) < 4.78 is 5.25. The highest BCUT2D eigenvalue weighted by Crippen LogP contribution is 2.26. The molecule has 1 aromatic carbocycles. The maximum Gasteiger partial charge on any atom is 0.226 e. The van der Waals surface area contributed by atoms with E-state index < -0.39 is 0 Å². The van der Waals surface area contributed by atoms with Crippen molar-refractivity contribution in [2.75, 3.05) is 6.54 Å². The predicted octanol–water partition coefficient (Wildman–Crippen LogP) is 3.49. The maximum atomic E-state index is 6.13. The molecule has 6 heteroatoms. The van der Waals surface area contributed by atoms with Gasteiger partial charge in [0.25, 0.3) is 0 Å². The fourth-order valence-corrected chi connectivity index (χ4v) is 2.48. The molecule has 0 bridgehead atoms. The highest BCUT2D eigenvalue weighted by molar-refractivity contribution is 6.36. The van der Waals surface area contributed by atoms with Crippen LogP contribution in [0.4, 0.5) is 0 Å². The predicted molar refractivity (Wildman–Crippen MR) is 80.1 cm³/mol. The van der Waals surface area contributed by atoms with Crippen molar-refractivity contribution in [3.8, 4) is 0 Å². The molecule has 0 saturated heterocycles. The molecule has 0 aliphatic carbocycles. The van der Waals surface area contributed by atoms with Crippen molar-refractivity contribution >= 4 is 23.2 Å². The first-order valence-electron chi connectivity index (χ1n) is 6.58. The summed E-state index contributed by atoms with van der Waals surface area (Å²) in [4.78, 5) is 4.37. The Morgan fingerprint density at radius 1 is 1.30 bits per heavy atom. The summed E-state index contributed by atoms with van der Waals surface area (Å²) in [6.45, 7) is 2.71. The van der Waals surface area contributed by atoms with Crippen molar-refractivity contribution in [1.82, 2.24) is 10.1 Å². The maximum absolute atomic E-state index is 6.13. The lowest BCUT2D eigenvalue weighted by Gasteiger charge is -2.07. The number of nitrogens with zero attached hydrogens (tertiary/aromatic N) is 2. The molecule has 0 spiro atoms. The van der Waals surface area contributed by atoms with E-state index in [4.69, 9.17) is 33.5 Å². The van der Waals surface area contributed by atoms with Crippen LogP contribution >= 0.6 is 23.2 Å². The molecule has 20 heavy (non-hydrogen) atoms. The molecule has 4 nitrogen and oxygen atoms in total. The summed E-state index contributed by atoms with van der Waals surface area (Å²) in [6, 6.07) is 5.40. The molecule has 0 amide bonds. The first kappa shape index (κ1) is 15.3. The molecular weight excluding hydrogens is 297 g/mol. The van der Waals surface area contributed by atoms with Gasteiger partial charge in [-0.15, -0.1) is 0 Å². The van der Waals surface area contributed by atoms with Crippen LogP contribution in [0, 0.1) is 5.92 Å². The minimum absolute atomic E-state index is 0.368. The summed E-state index contributed by atoms with van der Waals surface area (Å²) >= 11 is 12.3. The van der Waals surface area contributed by atoms with Crippen molar-refractivity contribution in [2.45, 2.75) is 26.2 Å². The second kappa shape index (κ2) is 7.07. The molecule has 0 aliphatic rings. The average Bonchev–Trinajstić information content (AvgIpc) is 2.88. The Morgan fingerprint density at radius 2 is 2.00 bits per heavy atom. The van der Waals surface area contributed by atoms with Crippen LogP contribution in [0.1, 0.15) is 30.6 Å². The summed E-state index contributed by atoms with van der Waals surface area (Å²) in [5.41, 5.74) is 6.49. The summed E-state index contributed by atoms with van der Waals surface area (Å²) in [7, 11) is 0. The molecule has 0 saturated carbocycles. The largest absolute Gasteiger partial charge is 0.339 e. The van der Waals surface area contributed by atoms with Crippen LogP contribution < -0.4 is 5.73 Å². The van der Waals surface area contributed by atoms with Crippen LogP contribution in [0.3, 0.4) is 0 Å². The third kappa shape index (κ3) is 3.72. The smallest absolute Gasteiger partial charge is 0.226 e. The number of hydrogen-bond acceptors (Lipinski definition) is 4. The molecule has 1 heterocycles. The Bertz CT molecular complexity index is 547. The standard InChI is InChI=1S/C14H17Cl2N3O/c1-2-9(8-17)6-14-18-13(19-20-14)7-10-11(15)4-3-5-12(10)16/h3-5,9H,2,6-8,17H2,1H3. The van der Waals surface area contributed by atoms with Gasteiger partial charge in [-0.1, -0.05) is 47.8 Å². The Hall–Kier alpha value is -1.10. The normalized spacial score (nSPS) is 12.6. The van der Waals surface area contributed by atoms with Gasteiger partial charge in [0.15, 0.2) is 5.82 Å². The van der Waals surface area contributed by atoms with Crippen LogP contribution in [0.25, 0.3) is 0 Å². The van der Waals surface area contributed by atoms with E-state index in [0.29, 0.717) is 47.1 Å². The van der Waals surface area contributed by atoms with Crippen molar-refractivity contribution in [1.29, 1.82) is 0 Å². The van der Waals surface area contributed by atoms with Gasteiger partial charge in [-0.3, -0.25) is 0 Å². The number of nitrogens with two attached hydrogens (primary N) is 1. The van der Waals surface area contributed by atoms with E-state index in [-0.39, 0.29) is 0 Å². The van der Waals surface area contributed by atoms with E-state index in [9.17, 15) is 0 Å². The second-order valence-electron chi connectivity index (χ2n) is 4.70. The van der Waals surface area contributed by atoms with E-state index >= 15 is 0 Å². The minimum Gasteiger partial charge on any atom is -0.339 e. The topological polar surface area (TPSA) is 64.9 Å². The average molecular weight is 314 g/mol. The van der Waals surface area contributed by atoms with E-state index in [1.165, 1.54) is 0 Å². The summed E-state index contributed by atoms with van der Waals surface area (Å²) in [5, 5.41) is 5.19. The van der Waals surface area contributed by atoms with Gasteiger partial charge in [0.1, 0.15) is 0 Å². The number of benzene rings is 1. The van der Waals surface area contributed by atoms with Crippen LogP contribution in [-0.2, 0) is 12.8 Å². The molecule has 1 unspecified atom stereocenters. The first-order valence-corrected chi connectivity index (χ1v) is 7.34. The molecule has 0 fully saturated rings. The summed E-state index contributed by atoms with van der Waals surface area (Å²) in [5.74, 6) is 1.56. The number of hydrogen-bond donors (Lipinski definition) is 1. The SMILES string of the molecule is CCC(CN)Cc1nc(Cc2c(Cl)cccc2Cl)no1. The zero-order chi connectivity index (χ0) is 14.5. The van der Waals surface area contributed by atoms with Gasteiger partial charge >= 0.3 is 0 Å². The molecule has 1 aromatic heterocycles. The molecular formula is C14H17Cl2N3O. The lowest BCUT2D eigenvalue weighted by molar-refractivity contribution is 0.347. The molecule has 2 aromatic rings. The zero-order valence-corrected chi connectivity index (χ0v) is 12.8. The van der Waals surface area contributed by atoms with Crippen molar-refractivity contribution in [2.24, 2.45) is 11.7 Å². The fraction of sp³-hybridized carbons (Fsp3) is 0.429. The third-order valence-electron chi connectivity index (χ3n) is 3.28. The Kier molecular flexibility index (Phi) is 5.40. The molecule has 0 aliphatic heterocycles. The first-order chi connectivity index (χ1) is 9.63. The highest BCUT2D eigenvalue weighted by atomic mass is 35.5. The molecule has 2 N–H and O–H groups in total. The van der Waals surface area contributed by atoms with Gasteiger partial charge in [-0.05, 0) is 30.2 Å². The van der Waals surface area contributed by atoms with Crippen LogP contribution in [0.2, 0.25) is 10.0 Å². The summed E-state index contributed by atoms with van der Waals surface area (Å²) in [6.07, 6.45) is 2.15. The molecule has 108 valence electrons. The van der Waals surface area contributed by atoms with Crippen molar-refractivity contribution in [3.05, 3.63) is 45.5 Å². The fourth-order valence-electron chi connectivity index (χ4n) is 1.95. The second-order valence-corrected chi connectivity index (χ2v) is 5.51. The van der Waals surface area contributed by atoms with E-state index in [1.54, 1.807) is 12.1 Å². The highest BCUT2D eigenvalue weighted by Gasteiger charge is 2.14. The number of rotatable bonds is 6. The lowest BCUT2D eigenvalue weighted by Crippen LogP contribution is -2.16. The Labute approximate surface area is 128 Å². The van der Waals surface area contributed by atoms with E-state index in [0.717, 1.165) is 12.0 Å².